The summed E-state index contributed by atoms with van der Waals surface area (Å²) >= 11 is 11.8. The molecule has 1 fully saturated rings. The molecular weight excluding hydrogens is 171 g/mol. The maximum atomic E-state index is 5.90. The Morgan fingerprint density at radius 2 is 1.80 bits per heavy atom. The molecule has 0 aromatic carbocycles. The van der Waals surface area contributed by atoms with Crippen LogP contribution in [0.25, 0.3) is 0 Å². The number of halogens is 2. The van der Waals surface area contributed by atoms with Crippen molar-refractivity contribution in [2.75, 3.05) is 7.11 Å². The Morgan fingerprint density at radius 1 is 1.30 bits per heavy atom. The van der Waals surface area contributed by atoms with Gasteiger partial charge in [0.2, 0.25) is 0 Å². The van der Waals surface area contributed by atoms with Crippen molar-refractivity contribution in [2.45, 2.75) is 36.1 Å². The van der Waals surface area contributed by atoms with Gasteiger partial charge in [-0.15, -0.1) is 23.2 Å². The summed E-state index contributed by atoms with van der Waals surface area (Å²) < 4.78 is 4.69. The van der Waals surface area contributed by atoms with Gasteiger partial charge in [-0.3, -0.25) is 0 Å². The molecule has 1 aliphatic carbocycles. The molecule has 0 radical (unpaired) electrons. The van der Waals surface area contributed by atoms with E-state index in [0.29, 0.717) is 6.10 Å². The summed E-state index contributed by atoms with van der Waals surface area (Å²) in [5, 5.41) is 0. The molecule has 10 heavy (non-hydrogen) atoms. The molecular formula is C7H12Cl2O. The van der Waals surface area contributed by atoms with E-state index < -0.39 is 4.33 Å². The molecule has 0 aliphatic heterocycles. The van der Waals surface area contributed by atoms with Crippen LogP contribution >= 0.6 is 23.2 Å². The van der Waals surface area contributed by atoms with Gasteiger partial charge in [0.05, 0.1) is 6.10 Å². The quantitative estimate of drug-likeness (QED) is 0.568. The predicted octanol–water partition coefficient (Wildman–Crippen LogP) is 2.75. The highest BCUT2D eigenvalue weighted by atomic mass is 35.5. The van der Waals surface area contributed by atoms with Crippen molar-refractivity contribution >= 4 is 23.2 Å². The standard InChI is InChI=1S/C7H12Cl2O/c1-10-6-2-4-7(8,9)5-3-6/h6H,2-5H2,1H3. The van der Waals surface area contributed by atoms with Crippen LogP contribution in [0.15, 0.2) is 0 Å². The zero-order valence-corrected chi connectivity index (χ0v) is 7.58. The van der Waals surface area contributed by atoms with Crippen LogP contribution in [0.2, 0.25) is 0 Å². The van der Waals surface area contributed by atoms with Gasteiger partial charge in [0.25, 0.3) is 0 Å². The van der Waals surface area contributed by atoms with Crippen LogP contribution in [0.3, 0.4) is 0 Å². The first-order valence-electron chi connectivity index (χ1n) is 3.55. The maximum Gasteiger partial charge on any atom is 0.118 e. The second kappa shape index (κ2) is 3.29. The minimum Gasteiger partial charge on any atom is -0.381 e. The summed E-state index contributed by atoms with van der Waals surface area (Å²) in [5.74, 6) is 0. The Hall–Kier alpha value is 0.540. The SMILES string of the molecule is COC1CCC(Cl)(Cl)CC1. The third kappa shape index (κ3) is 2.30. The average molecular weight is 183 g/mol. The normalized spacial score (nSPS) is 26.7. The molecule has 3 heteroatoms. The lowest BCUT2D eigenvalue weighted by molar-refractivity contribution is 0.0688. The molecule has 0 aromatic rings. The highest BCUT2D eigenvalue weighted by Gasteiger charge is 2.30. The van der Waals surface area contributed by atoms with Crippen LogP contribution in [0, 0.1) is 0 Å². The number of ether oxygens (including phenoxy) is 1. The van der Waals surface area contributed by atoms with E-state index in [1.807, 2.05) is 0 Å². The van der Waals surface area contributed by atoms with Gasteiger partial charge in [-0.05, 0) is 25.7 Å². The zero-order valence-electron chi connectivity index (χ0n) is 6.07. The van der Waals surface area contributed by atoms with E-state index in [1.165, 1.54) is 0 Å². The molecule has 1 nitrogen and oxygen atoms in total. The summed E-state index contributed by atoms with van der Waals surface area (Å²) in [7, 11) is 1.74. The molecule has 60 valence electrons. The van der Waals surface area contributed by atoms with E-state index in [-0.39, 0.29) is 0 Å². The monoisotopic (exact) mass is 182 g/mol. The molecule has 1 aliphatic rings. The maximum absolute atomic E-state index is 5.90. The lowest BCUT2D eigenvalue weighted by atomic mass is 9.97. The second-order valence-electron chi connectivity index (χ2n) is 2.79. The lowest BCUT2D eigenvalue weighted by Crippen LogP contribution is -2.26. The van der Waals surface area contributed by atoms with Gasteiger partial charge in [-0.25, -0.2) is 0 Å². The molecule has 0 spiro atoms. The minimum atomic E-state index is -0.477. The van der Waals surface area contributed by atoms with Crippen molar-refractivity contribution in [3.05, 3.63) is 0 Å². The molecule has 1 saturated carbocycles. The van der Waals surface area contributed by atoms with Crippen LogP contribution in [0.4, 0.5) is 0 Å². The Kier molecular flexibility index (Phi) is 2.84. The highest BCUT2D eigenvalue weighted by Crippen LogP contribution is 2.38. The van der Waals surface area contributed by atoms with E-state index in [1.54, 1.807) is 7.11 Å². The van der Waals surface area contributed by atoms with Gasteiger partial charge in [-0.2, -0.15) is 0 Å². The molecule has 0 atom stereocenters. The van der Waals surface area contributed by atoms with Crippen LogP contribution < -0.4 is 0 Å². The minimum absolute atomic E-state index is 0.380. The van der Waals surface area contributed by atoms with Crippen LogP contribution in [0.5, 0.6) is 0 Å². The van der Waals surface area contributed by atoms with Crippen LogP contribution in [-0.2, 0) is 4.74 Å². The van der Waals surface area contributed by atoms with Crippen LogP contribution in [-0.4, -0.2) is 17.5 Å². The third-order valence-electron chi connectivity index (χ3n) is 2.00. The van der Waals surface area contributed by atoms with E-state index in [4.69, 9.17) is 27.9 Å². The Morgan fingerprint density at radius 3 is 2.20 bits per heavy atom. The van der Waals surface area contributed by atoms with Gasteiger partial charge in [0, 0.05) is 7.11 Å². The van der Waals surface area contributed by atoms with Crippen molar-refractivity contribution in [2.24, 2.45) is 0 Å². The van der Waals surface area contributed by atoms with Crippen molar-refractivity contribution in [3.63, 3.8) is 0 Å². The Bertz CT molecular complexity index is 104. The lowest BCUT2D eigenvalue weighted by Gasteiger charge is -2.29. The van der Waals surface area contributed by atoms with E-state index in [9.17, 15) is 0 Å². The van der Waals surface area contributed by atoms with Crippen molar-refractivity contribution in [1.82, 2.24) is 0 Å². The third-order valence-corrected chi connectivity index (χ3v) is 2.75. The number of hydrogen-bond donors (Lipinski definition) is 0. The van der Waals surface area contributed by atoms with Gasteiger partial charge in [0.15, 0.2) is 0 Å². The van der Waals surface area contributed by atoms with Gasteiger partial charge in [-0.1, -0.05) is 0 Å². The number of alkyl halides is 2. The van der Waals surface area contributed by atoms with Crippen molar-refractivity contribution < 1.29 is 4.74 Å². The molecule has 0 bridgehead atoms. The molecule has 0 saturated heterocycles. The fraction of sp³-hybridized carbons (Fsp3) is 1.00. The average Bonchev–Trinajstić information content (AvgIpc) is 1.88. The smallest absolute Gasteiger partial charge is 0.118 e. The summed E-state index contributed by atoms with van der Waals surface area (Å²) in [5.41, 5.74) is 0. The van der Waals surface area contributed by atoms with Gasteiger partial charge in [0.1, 0.15) is 4.33 Å². The fourth-order valence-corrected chi connectivity index (χ4v) is 1.69. The number of hydrogen-bond acceptors (Lipinski definition) is 1. The van der Waals surface area contributed by atoms with Crippen LogP contribution in [0.1, 0.15) is 25.7 Å². The summed E-state index contributed by atoms with van der Waals surface area (Å²) in [6.07, 6.45) is 4.07. The fourth-order valence-electron chi connectivity index (χ4n) is 1.25. The van der Waals surface area contributed by atoms with E-state index in [2.05, 4.69) is 0 Å². The van der Waals surface area contributed by atoms with Gasteiger partial charge < -0.3 is 4.74 Å². The highest BCUT2D eigenvalue weighted by molar-refractivity contribution is 6.48. The second-order valence-corrected chi connectivity index (χ2v) is 4.43. The number of rotatable bonds is 1. The molecule has 1 rings (SSSR count). The largest absolute Gasteiger partial charge is 0.381 e. The molecule has 0 heterocycles. The first-order valence-corrected chi connectivity index (χ1v) is 4.30. The summed E-state index contributed by atoms with van der Waals surface area (Å²) in [4.78, 5) is 0. The molecule has 0 unspecified atom stereocenters. The zero-order chi connectivity index (χ0) is 7.61. The summed E-state index contributed by atoms with van der Waals surface area (Å²) in [6, 6.07) is 0. The molecule has 0 N–H and O–H groups in total. The topological polar surface area (TPSA) is 9.23 Å². The van der Waals surface area contributed by atoms with Gasteiger partial charge >= 0.3 is 0 Å². The Balaban J connectivity index is 2.31. The number of methoxy groups -OCH3 is 1. The van der Waals surface area contributed by atoms with Crippen molar-refractivity contribution in [1.29, 1.82) is 0 Å². The van der Waals surface area contributed by atoms with Crippen molar-refractivity contribution in [3.8, 4) is 0 Å². The molecule has 0 amide bonds. The first kappa shape index (κ1) is 8.63. The van der Waals surface area contributed by atoms with E-state index >= 15 is 0 Å². The Labute approximate surface area is 71.6 Å². The predicted molar refractivity (Wildman–Crippen MR) is 43.7 cm³/mol. The van der Waals surface area contributed by atoms with E-state index in [0.717, 1.165) is 25.7 Å². The summed E-state index contributed by atoms with van der Waals surface area (Å²) in [6.45, 7) is 0. The first-order chi connectivity index (χ1) is 4.64. The molecule has 0 aromatic heterocycles.